The van der Waals surface area contributed by atoms with Crippen molar-refractivity contribution in [3.63, 3.8) is 0 Å². The Kier molecular flexibility index (Phi) is 6.26. The molecule has 1 aliphatic heterocycles. The lowest BCUT2D eigenvalue weighted by Gasteiger charge is -2.34. The van der Waals surface area contributed by atoms with Crippen LogP contribution < -0.4 is 15.0 Å². The first-order chi connectivity index (χ1) is 16.5. The minimum atomic E-state index is -0.00552. The summed E-state index contributed by atoms with van der Waals surface area (Å²) in [5.74, 6) is 5.57. The second-order valence-corrected chi connectivity index (χ2v) is 10.3. The third-order valence-electron chi connectivity index (χ3n) is 6.22. The van der Waals surface area contributed by atoms with Crippen LogP contribution in [0.2, 0.25) is 0 Å². The molecule has 3 heterocycles. The smallest absolute Gasteiger partial charge is 0.229 e. The molecule has 4 aromatic rings. The van der Waals surface area contributed by atoms with Crippen LogP contribution in [0.15, 0.2) is 65.8 Å². The summed E-state index contributed by atoms with van der Waals surface area (Å²) < 4.78 is 7.73. The molecular weight excluding hydrogens is 444 g/mol. The largest absolute Gasteiger partial charge is 0.495 e. The van der Waals surface area contributed by atoms with Crippen LogP contribution in [0.4, 0.5) is 17.3 Å². The number of likely N-dealkylation sites (N-methyl/N-ethyl adjacent to an activating group) is 1. The van der Waals surface area contributed by atoms with Gasteiger partial charge in [0.2, 0.25) is 5.95 Å². The van der Waals surface area contributed by atoms with E-state index in [4.69, 9.17) is 9.72 Å². The molecule has 1 aliphatic rings. The summed E-state index contributed by atoms with van der Waals surface area (Å²) in [7, 11) is 3.87. The van der Waals surface area contributed by atoms with Crippen LogP contribution in [0.3, 0.4) is 0 Å². The first-order valence-electron chi connectivity index (χ1n) is 11.3. The maximum atomic E-state index is 5.64. The number of hydrogen-bond donors (Lipinski definition) is 1. The molecular formula is C26H30N6OS. The number of rotatable bonds is 6. The first kappa shape index (κ1) is 22.4. The van der Waals surface area contributed by atoms with Crippen LogP contribution in [-0.2, 0) is 0 Å². The average molecular weight is 475 g/mol. The molecule has 8 heteroatoms. The number of anilines is 3. The van der Waals surface area contributed by atoms with E-state index < -0.39 is 0 Å². The van der Waals surface area contributed by atoms with Gasteiger partial charge in [-0.05, 0) is 61.8 Å². The molecule has 1 fully saturated rings. The SMILES string of the molecule is C=S(C)c1ccc(-n2ccc3cnc(Nc4ccc(OC)c(N5CCN(C)CC5)c4)nc32)cc1. The quantitative estimate of drug-likeness (QED) is 0.412. The van der Waals surface area contributed by atoms with Crippen molar-refractivity contribution in [2.75, 3.05) is 56.8 Å². The lowest BCUT2D eigenvalue weighted by atomic mass is 10.2. The third-order valence-corrected chi connectivity index (χ3v) is 7.30. The van der Waals surface area contributed by atoms with Gasteiger partial charge in [-0.3, -0.25) is 0 Å². The van der Waals surface area contributed by atoms with Crippen molar-refractivity contribution in [2.24, 2.45) is 0 Å². The molecule has 1 unspecified atom stereocenters. The summed E-state index contributed by atoms with van der Waals surface area (Å²) in [5, 5.41) is 4.39. The zero-order valence-electron chi connectivity index (χ0n) is 19.9. The molecule has 0 aliphatic carbocycles. The highest BCUT2D eigenvalue weighted by Gasteiger charge is 2.18. The maximum absolute atomic E-state index is 5.64. The van der Waals surface area contributed by atoms with Crippen LogP contribution in [0.5, 0.6) is 5.75 Å². The Morgan fingerprint density at radius 2 is 1.79 bits per heavy atom. The second kappa shape index (κ2) is 9.48. The molecule has 0 saturated carbocycles. The van der Waals surface area contributed by atoms with Gasteiger partial charge >= 0.3 is 0 Å². The number of nitrogens with zero attached hydrogens (tertiary/aromatic N) is 5. The van der Waals surface area contributed by atoms with Gasteiger partial charge in [0.15, 0.2) is 0 Å². The van der Waals surface area contributed by atoms with E-state index in [1.165, 1.54) is 4.90 Å². The van der Waals surface area contributed by atoms with Crippen LogP contribution in [0, 0.1) is 0 Å². The molecule has 1 atom stereocenters. The van der Waals surface area contributed by atoms with Crippen molar-refractivity contribution in [1.29, 1.82) is 0 Å². The van der Waals surface area contributed by atoms with Crippen molar-refractivity contribution in [3.05, 3.63) is 60.9 Å². The second-order valence-electron chi connectivity index (χ2n) is 8.59. The van der Waals surface area contributed by atoms with Gasteiger partial charge in [-0.15, -0.1) is 0 Å². The predicted molar refractivity (Wildman–Crippen MR) is 144 cm³/mol. The molecule has 176 valence electrons. The molecule has 0 bridgehead atoms. The predicted octanol–water partition coefficient (Wildman–Crippen LogP) is 4.61. The van der Waals surface area contributed by atoms with Crippen molar-refractivity contribution >= 4 is 44.7 Å². The van der Waals surface area contributed by atoms with Crippen LogP contribution >= 0.6 is 10.5 Å². The molecule has 1 saturated heterocycles. The van der Waals surface area contributed by atoms with Gasteiger partial charge < -0.3 is 24.4 Å². The fourth-order valence-corrected chi connectivity index (χ4v) is 4.82. The third kappa shape index (κ3) is 4.51. The van der Waals surface area contributed by atoms with Crippen molar-refractivity contribution in [3.8, 4) is 11.4 Å². The minimum absolute atomic E-state index is 0.00552. The summed E-state index contributed by atoms with van der Waals surface area (Å²) in [6, 6.07) is 16.7. The zero-order chi connectivity index (χ0) is 23.7. The Hall–Kier alpha value is -3.36. The van der Waals surface area contributed by atoms with Crippen molar-refractivity contribution in [1.82, 2.24) is 19.4 Å². The average Bonchev–Trinajstić information content (AvgIpc) is 3.28. The van der Waals surface area contributed by atoms with Gasteiger partial charge in [0.1, 0.15) is 11.4 Å². The van der Waals surface area contributed by atoms with E-state index in [1.54, 1.807) is 7.11 Å². The van der Waals surface area contributed by atoms with Crippen LogP contribution in [0.1, 0.15) is 0 Å². The fourth-order valence-electron chi connectivity index (χ4n) is 4.22. The lowest BCUT2D eigenvalue weighted by Crippen LogP contribution is -2.44. The molecule has 2 aromatic carbocycles. The number of aromatic nitrogens is 3. The number of methoxy groups -OCH3 is 1. The topological polar surface area (TPSA) is 58.5 Å². The van der Waals surface area contributed by atoms with Gasteiger partial charge in [-0.25, -0.2) is 4.98 Å². The Balaban J connectivity index is 1.43. The van der Waals surface area contributed by atoms with Crippen molar-refractivity contribution < 1.29 is 4.74 Å². The fraction of sp³-hybridized carbons (Fsp3) is 0.269. The molecule has 7 nitrogen and oxygen atoms in total. The van der Waals surface area contributed by atoms with E-state index in [2.05, 4.69) is 74.2 Å². The van der Waals surface area contributed by atoms with E-state index in [0.29, 0.717) is 5.95 Å². The highest BCUT2D eigenvalue weighted by molar-refractivity contribution is 8.13. The number of nitrogens with one attached hydrogen (secondary N) is 1. The van der Waals surface area contributed by atoms with Gasteiger partial charge in [0.25, 0.3) is 0 Å². The van der Waals surface area contributed by atoms with Gasteiger partial charge in [0, 0.05) is 60.2 Å². The van der Waals surface area contributed by atoms with E-state index >= 15 is 0 Å². The molecule has 34 heavy (non-hydrogen) atoms. The number of hydrogen-bond acceptors (Lipinski definition) is 6. The molecule has 0 radical (unpaired) electrons. The highest BCUT2D eigenvalue weighted by atomic mass is 32.2. The molecule has 2 aromatic heterocycles. The molecule has 0 spiro atoms. The van der Waals surface area contributed by atoms with Crippen LogP contribution in [0.25, 0.3) is 16.7 Å². The summed E-state index contributed by atoms with van der Waals surface area (Å²) in [5.41, 5.74) is 3.95. The standard InChI is InChI=1S/C26H30N6OS/c1-30-13-15-31(16-14-30)23-17-20(5-10-24(23)33-2)28-26-27-18-19-11-12-32(25(19)29-26)21-6-8-22(9-7-21)34(3)4/h5-12,17-18H,3,13-16H2,1-2,4H3,(H,27,28,29). The Bertz CT molecular complexity index is 1330. The molecule has 0 amide bonds. The van der Waals surface area contributed by atoms with Gasteiger partial charge in [0.05, 0.1) is 12.8 Å². The summed E-state index contributed by atoms with van der Waals surface area (Å²) in [4.78, 5) is 15.3. The minimum Gasteiger partial charge on any atom is -0.495 e. The van der Waals surface area contributed by atoms with E-state index in [0.717, 1.165) is 60.0 Å². The number of ether oxygens (including phenoxy) is 1. The van der Waals surface area contributed by atoms with Gasteiger partial charge in [-0.1, -0.05) is 5.87 Å². The van der Waals surface area contributed by atoms with Gasteiger partial charge in [-0.2, -0.15) is 15.5 Å². The molecule has 1 N–H and O–H groups in total. The first-order valence-corrected chi connectivity index (χ1v) is 13.1. The van der Waals surface area contributed by atoms with Crippen molar-refractivity contribution in [2.45, 2.75) is 4.90 Å². The number of benzene rings is 2. The monoisotopic (exact) mass is 474 g/mol. The number of piperazine rings is 1. The maximum Gasteiger partial charge on any atom is 0.229 e. The van der Waals surface area contributed by atoms with E-state index in [-0.39, 0.29) is 10.5 Å². The normalized spacial score (nSPS) is 15.4. The Morgan fingerprint density at radius 1 is 1.03 bits per heavy atom. The summed E-state index contributed by atoms with van der Waals surface area (Å²) in [6.45, 7) is 4.01. The Labute approximate surface area is 202 Å². The van der Waals surface area contributed by atoms with E-state index in [9.17, 15) is 0 Å². The highest BCUT2D eigenvalue weighted by Crippen LogP contribution is 2.33. The molecule has 5 rings (SSSR count). The summed E-state index contributed by atoms with van der Waals surface area (Å²) in [6.07, 6.45) is 6.02. The van der Waals surface area contributed by atoms with Crippen LogP contribution in [-0.4, -0.2) is 71.9 Å². The lowest BCUT2D eigenvalue weighted by molar-refractivity contribution is 0.311. The number of fused-ring (bicyclic) bond motifs is 1. The zero-order valence-corrected chi connectivity index (χ0v) is 20.7. The summed E-state index contributed by atoms with van der Waals surface area (Å²) >= 11 is 0. The Morgan fingerprint density at radius 3 is 2.50 bits per heavy atom. The van der Waals surface area contributed by atoms with E-state index in [1.807, 2.05) is 30.6 Å².